The van der Waals surface area contributed by atoms with Crippen LogP contribution < -0.4 is 5.32 Å². The van der Waals surface area contributed by atoms with Crippen molar-refractivity contribution in [1.82, 2.24) is 10.3 Å². The lowest BCUT2D eigenvalue weighted by molar-refractivity contribution is -0.126. The highest BCUT2D eigenvalue weighted by atomic mass is 16.1. The number of hydrogen-bond acceptors (Lipinski definition) is 1. The Kier molecular flexibility index (Phi) is 3.44. The normalized spacial score (nSPS) is 22.0. The van der Waals surface area contributed by atoms with Crippen LogP contribution in [0.4, 0.5) is 0 Å². The molecule has 1 atom stereocenters. The number of fused-ring (bicyclic) bond motifs is 3. The lowest BCUT2D eigenvalue weighted by Gasteiger charge is -2.23. The van der Waals surface area contributed by atoms with Gasteiger partial charge in [-0.1, -0.05) is 24.5 Å². The topological polar surface area (TPSA) is 44.9 Å². The number of H-pyrrole nitrogens is 1. The third-order valence-corrected chi connectivity index (χ3v) is 5.42. The van der Waals surface area contributed by atoms with Gasteiger partial charge in [-0.05, 0) is 56.7 Å². The first kappa shape index (κ1) is 13.9. The molecule has 0 saturated heterocycles. The molecule has 1 heterocycles. The molecule has 2 aromatic rings. The zero-order chi connectivity index (χ0) is 15.1. The zero-order valence-electron chi connectivity index (χ0n) is 13.2. The average Bonchev–Trinajstić information content (AvgIpc) is 3.14. The largest absolute Gasteiger partial charge is 0.358 e. The number of rotatable bonds is 2. The molecule has 0 spiro atoms. The van der Waals surface area contributed by atoms with Gasteiger partial charge in [0.1, 0.15) is 0 Å². The summed E-state index contributed by atoms with van der Waals surface area (Å²) in [5, 5.41) is 4.60. The van der Waals surface area contributed by atoms with Crippen LogP contribution in [0, 0.1) is 12.8 Å². The Morgan fingerprint density at radius 3 is 2.86 bits per heavy atom. The molecule has 1 aromatic heterocycles. The molecule has 1 saturated carbocycles. The van der Waals surface area contributed by atoms with Gasteiger partial charge in [0.05, 0.1) is 0 Å². The molecule has 0 aliphatic heterocycles. The van der Waals surface area contributed by atoms with Crippen molar-refractivity contribution < 1.29 is 4.79 Å². The van der Waals surface area contributed by atoms with Crippen LogP contribution >= 0.6 is 0 Å². The van der Waals surface area contributed by atoms with Crippen molar-refractivity contribution in [3.63, 3.8) is 0 Å². The highest BCUT2D eigenvalue weighted by molar-refractivity contribution is 5.87. The van der Waals surface area contributed by atoms with Crippen LogP contribution in [0.1, 0.15) is 48.9 Å². The first-order chi connectivity index (χ1) is 10.7. The number of carbonyl (C=O) groups is 1. The lowest BCUT2D eigenvalue weighted by Crippen LogP contribution is -2.39. The van der Waals surface area contributed by atoms with Gasteiger partial charge >= 0.3 is 0 Å². The van der Waals surface area contributed by atoms with Gasteiger partial charge in [-0.25, -0.2) is 0 Å². The molecule has 2 aliphatic carbocycles. The molecule has 22 heavy (non-hydrogen) atoms. The fourth-order valence-corrected chi connectivity index (χ4v) is 4.14. The number of benzene rings is 1. The SMILES string of the molecule is Cc1ccc2[nH]c3c(c2c1)CC(C(=O)NC1CCCC1)CC3. The number of hydrogen-bond donors (Lipinski definition) is 2. The fourth-order valence-electron chi connectivity index (χ4n) is 4.14. The smallest absolute Gasteiger partial charge is 0.223 e. The van der Waals surface area contributed by atoms with Gasteiger partial charge in [0.15, 0.2) is 0 Å². The average molecular weight is 296 g/mol. The minimum Gasteiger partial charge on any atom is -0.358 e. The Balaban J connectivity index is 1.56. The Labute approximate surface area is 131 Å². The summed E-state index contributed by atoms with van der Waals surface area (Å²) in [6, 6.07) is 6.99. The number of aromatic nitrogens is 1. The van der Waals surface area contributed by atoms with Crippen molar-refractivity contribution in [2.75, 3.05) is 0 Å². The van der Waals surface area contributed by atoms with E-state index in [1.807, 2.05) is 0 Å². The highest BCUT2D eigenvalue weighted by Crippen LogP contribution is 2.32. The van der Waals surface area contributed by atoms with E-state index in [1.165, 1.54) is 40.6 Å². The fraction of sp³-hybridized carbons (Fsp3) is 0.526. The van der Waals surface area contributed by atoms with Crippen LogP contribution in [0.15, 0.2) is 18.2 Å². The summed E-state index contributed by atoms with van der Waals surface area (Å²) in [6.07, 6.45) is 7.70. The van der Waals surface area contributed by atoms with E-state index in [4.69, 9.17) is 0 Å². The number of carbonyl (C=O) groups excluding carboxylic acids is 1. The molecule has 1 amide bonds. The van der Waals surface area contributed by atoms with Crippen molar-refractivity contribution in [3.8, 4) is 0 Å². The Bertz CT molecular complexity index is 710. The van der Waals surface area contributed by atoms with E-state index in [2.05, 4.69) is 35.4 Å². The second kappa shape index (κ2) is 5.45. The van der Waals surface area contributed by atoms with Crippen molar-refractivity contribution >= 4 is 16.8 Å². The number of aromatic amines is 1. The van der Waals surface area contributed by atoms with Gasteiger partial charge in [-0.15, -0.1) is 0 Å². The molecule has 4 rings (SSSR count). The summed E-state index contributed by atoms with van der Waals surface area (Å²) < 4.78 is 0. The molecule has 2 N–H and O–H groups in total. The number of aryl methyl sites for hydroxylation is 2. The third-order valence-electron chi connectivity index (χ3n) is 5.42. The molecule has 2 aliphatic rings. The van der Waals surface area contributed by atoms with Crippen LogP contribution in [0.25, 0.3) is 10.9 Å². The standard InChI is InChI=1S/C19H24N2O/c1-12-6-8-17-15(10-12)16-11-13(7-9-18(16)21-17)19(22)20-14-4-2-3-5-14/h6,8,10,13-14,21H,2-5,7,9,11H2,1H3,(H,20,22). The van der Waals surface area contributed by atoms with E-state index >= 15 is 0 Å². The summed E-state index contributed by atoms with van der Waals surface area (Å²) in [5.74, 6) is 0.423. The maximum absolute atomic E-state index is 12.6. The van der Waals surface area contributed by atoms with Gasteiger partial charge in [-0.2, -0.15) is 0 Å². The van der Waals surface area contributed by atoms with E-state index in [0.717, 1.165) is 32.1 Å². The molecule has 1 fully saturated rings. The van der Waals surface area contributed by atoms with Crippen LogP contribution in [-0.2, 0) is 17.6 Å². The summed E-state index contributed by atoms with van der Waals surface area (Å²) in [7, 11) is 0. The third kappa shape index (κ3) is 2.43. The number of nitrogens with one attached hydrogen (secondary N) is 2. The first-order valence-corrected chi connectivity index (χ1v) is 8.61. The highest BCUT2D eigenvalue weighted by Gasteiger charge is 2.29. The van der Waals surface area contributed by atoms with E-state index in [1.54, 1.807) is 0 Å². The van der Waals surface area contributed by atoms with Gasteiger partial charge < -0.3 is 10.3 Å². The van der Waals surface area contributed by atoms with Gasteiger partial charge in [0.25, 0.3) is 0 Å². The van der Waals surface area contributed by atoms with Crippen molar-refractivity contribution in [2.24, 2.45) is 5.92 Å². The minimum atomic E-state index is 0.146. The molecule has 1 unspecified atom stereocenters. The summed E-state index contributed by atoms with van der Waals surface area (Å²) in [4.78, 5) is 16.1. The van der Waals surface area contributed by atoms with Crippen LogP contribution in [0.3, 0.4) is 0 Å². The molecule has 0 radical (unpaired) electrons. The lowest BCUT2D eigenvalue weighted by atomic mass is 9.85. The molecular weight excluding hydrogens is 272 g/mol. The van der Waals surface area contributed by atoms with E-state index in [-0.39, 0.29) is 11.8 Å². The molecule has 3 nitrogen and oxygen atoms in total. The Hall–Kier alpha value is -1.77. The summed E-state index contributed by atoms with van der Waals surface area (Å²) in [6.45, 7) is 2.13. The van der Waals surface area contributed by atoms with Crippen molar-refractivity contribution in [2.45, 2.75) is 57.9 Å². The molecule has 1 aromatic carbocycles. The van der Waals surface area contributed by atoms with E-state index in [0.29, 0.717) is 6.04 Å². The maximum atomic E-state index is 12.6. The second-order valence-electron chi connectivity index (χ2n) is 7.06. The van der Waals surface area contributed by atoms with Gasteiger partial charge in [-0.3, -0.25) is 4.79 Å². The predicted octanol–water partition coefficient (Wildman–Crippen LogP) is 3.64. The summed E-state index contributed by atoms with van der Waals surface area (Å²) >= 11 is 0. The molecule has 0 bridgehead atoms. The molecule has 116 valence electrons. The van der Waals surface area contributed by atoms with Crippen molar-refractivity contribution in [3.05, 3.63) is 35.0 Å². The predicted molar refractivity (Wildman–Crippen MR) is 88.9 cm³/mol. The maximum Gasteiger partial charge on any atom is 0.223 e. The van der Waals surface area contributed by atoms with Crippen LogP contribution in [0.2, 0.25) is 0 Å². The minimum absolute atomic E-state index is 0.146. The van der Waals surface area contributed by atoms with Crippen LogP contribution in [0.5, 0.6) is 0 Å². The second-order valence-corrected chi connectivity index (χ2v) is 7.06. The first-order valence-electron chi connectivity index (χ1n) is 8.61. The Morgan fingerprint density at radius 2 is 2.05 bits per heavy atom. The Morgan fingerprint density at radius 1 is 1.23 bits per heavy atom. The van der Waals surface area contributed by atoms with Crippen LogP contribution in [-0.4, -0.2) is 16.9 Å². The zero-order valence-corrected chi connectivity index (χ0v) is 13.2. The monoisotopic (exact) mass is 296 g/mol. The summed E-state index contributed by atoms with van der Waals surface area (Å²) in [5.41, 5.74) is 5.21. The molecular formula is C19H24N2O. The van der Waals surface area contributed by atoms with Gasteiger partial charge in [0.2, 0.25) is 5.91 Å². The van der Waals surface area contributed by atoms with Gasteiger partial charge in [0, 0.05) is 28.6 Å². The van der Waals surface area contributed by atoms with Crippen molar-refractivity contribution in [1.29, 1.82) is 0 Å². The number of amides is 1. The van der Waals surface area contributed by atoms with E-state index < -0.39 is 0 Å². The molecule has 3 heteroatoms. The quantitative estimate of drug-likeness (QED) is 0.873. The van der Waals surface area contributed by atoms with E-state index in [9.17, 15) is 4.79 Å².